The third-order valence-corrected chi connectivity index (χ3v) is 9.91. The molecule has 15 heteroatoms. The Hall–Kier alpha value is -3.32. The Morgan fingerprint density at radius 2 is 1.34 bits per heavy atom. The van der Waals surface area contributed by atoms with Crippen molar-refractivity contribution in [1.29, 1.82) is 0 Å². The zero-order valence-electron chi connectivity index (χ0n) is 29.3. The fraction of sp³-hybridized carbons (Fsp3) is 0.263. The molecule has 5 rings (SSSR count). The van der Waals surface area contributed by atoms with Crippen molar-refractivity contribution < 1.29 is 14.4 Å². The smallest absolute Gasteiger partial charge is 0.315 e. The number of anilines is 2. The molecule has 1 aliphatic rings. The summed E-state index contributed by atoms with van der Waals surface area (Å²) < 4.78 is 1.93. The first-order chi connectivity index (χ1) is 25.0. The van der Waals surface area contributed by atoms with Crippen molar-refractivity contribution in [2.45, 2.75) is 51.6 Å². The number of benzene rings is 4. The minimum Gasteiger partial charge on any atom is -0.341 e. The number of carbonyl (C=O) groups is 3. The largest absolute Gasteiger partial charge is 0.341 e. The standard InChI is InChI=1S/C19H20BrCl2N3O2.C19H18BrCl2N3O/c1-3-23-18(27)25-19(2,11-12-4-6-13(20)7-5-12)17(26)24-16-9-14(21)8-15(22)10-16;1-3-23-18-24-19(2,11-12-4-6-13(20)7-5-12)17(26)25(18)16-9-14(21)8-15(22)10-16/h4-10H,3,11H2,1-2H3,(H,24,26)(H2,23,25,27);4-10H,3,11H2,1-2H3,(H,23,24)/t2*19-/m11/s1. The lowest BCUT2D eigenvalue weighted by atomic mass is 9.91. The summed E-state index contributed by atoms with van der Waals surface area (Å²) in [4.78, 5) is 44.4. The van der Waals surface area contributed by atoms with Crippen LogP contribution in [0.25, 0.3) is 0 Å². The van der Waals surface area contributed by atoms with Crippen LogP contribution in [0.15, 0.2) is 98.9 Å². The van der Waals surface area contributed by atoms with E-state index >= 15 is 0 Å². The summed E-state index contributed by atoms with van der Waals surface area (Å²) >= 11 is 31.1. The monoisotopic (exact) mass is 924 g/mol. The average Bonchev–Trinajstić information content (AvgIpc) is 3.31. The van der Waals surface area contributed by atoms with Gasteiger partial charge in [0.15, 0.2) is 0 Å². The molecule has 9 nitrogen and oxygen atoms in total. The van der Waals surface area contributed by atoms with Crippen LogP contribution in [0.4, 0.5) is 16.2 Å². The molecular weight excluding hydrogens is 890 g/mol. The predicted octanol–water partition coefficient (Wildman–Crippen LogP) is 10.1. The molecule has 1 aliphatic heterocycles. The molecule has 0 bridgehead atoms. The number of nitrogens with zero attached hydrogens (tertiary/aromatic N) is 2. The van der Waals surface area contributed by atoms with Crippen molar-refractivity contribution in [3.05, 3.63) is 125 Å². The van der Waals surface area contributed by atoms with Gasteiger partial charge in [0.05, 0.1) is 5.69 Å². The number of guanidine groups is 1. The van der Waals surface area contributed by atoms with Gasteiger partial charge in [-0.15, -0.1) is 0 Å². The molecule has 4 aromatic carbocycles. The zero-order valence-corrected chi connectivity index (χ0v) is 35.5. The van der Waals surface area contributed by atoms with Crippen LogP contribution in [0, 0.1) is 0 Å². The van der Waals surface area contributed by atoms with Crippen molar-refractivity contribution >= 4 is 113 Å². The second-order valence-electron chi connectivity index (χ2n) is 12.6. The summed E-state index contributed by atoms with van der Waals surface area (Å²) in [6.45, 7) is 8.29. The number of urea groups is 1. The lowest BCUT2D eigenvalue weighted by Crippen LogP contribution is -2.58. The molecule has 0 unspecified atom stereocenters. The molecule has 2 atom stereocenters. The fourth-order valence-corrected chi connectivity index (χ4v) is 7.11. The molecule has 4 amide bonds. The summed E-state index contributed by atoms with van der Waals surface area (Å²) in [5.41, 5.74) is 1.01. The first kappa shape index (κ1) is 42.4. The topological polar surface area (TPSA) is 115 Å². The van der Waals surface area contributed by atoms with E-state index in [1.807, 2.05) is 62.4 Å². The van der Waals surface area contributed by atoms with Crippen LogP contribution >= 0.6 is 78.3 Å². The van der Waals surface area contributed by atoms with Crippen molar-refractivity contribution in [2.75, 3.05) is 23.3 Å². The van der Waals surface area contributed by atoms with Crippen LogP contribution in [0.1, 0.15) is 38.8 Å². The molecule has 0 aromatic heterocycles. The lowest BCUT2D eigenvalue weighted by Gasteiger charge is -2.30. The highest BCUT2D eigenvalue weighted by atomic mass is 79.9. The van der Waals surface area contributed by atoms with Crippen molar-refractivity contribution in [3.63, 3.8) is 0 Å². The molecule has 1 heterocycles. The van der Waals surface area contributed by atoms with E-state index in [0.717, 1.165) is 20.1 Å². The van der Waals surface area contributed by atoms with Gasteiger partial charge in [0.2, 0.25) is 11.9 Å². The van der Waals surface area contributed by atoms with Gasteiger partial charge < -0.3 is 21.3 Å². The third-order valence-electron chi connectivity index (χ3n) is 7.98. The first-order valence-electron chi connectivity index (χ1n) is 16.5. The van der Waals surface area contributed by atoms with E-state index in [1.165, 1.54) is 0 Å². The quantitative estimate of drug-likeness (QED) is 0.127. The highest BCUT2D eigenvalue weighted by molar-refractivity contribution is 9.10. The van der Waals surface area contributed by atoms with E-state index in [4.69, 9.17) is 46.4 Å². The summed E-state index contributed by atoms with van der Waals surface area (Å²) in [5, 5.41) is 13.3. The molecule has 0 radical (unpaired) electrons. The number of aliphatic imine (C=N–C) groups is 1. The van der Waals surface area contributed by atoms with Crippen molar-refractivity contribution in [1.82, 2.24) is 16.0 Å². The minimum atomic E-state index is -1.19. The van der Waals surface area contributed by atoms with Crippen LogP contribution < -0.4 is 26.2 Å². The van der Waals surface area contributed by atoms with E-state index < -0.39 is 17.1 Å². The normalized spacial score (nSPS) is 17.0. The number of hydrogen-bond acceptors (Lipinski definition) is 4. The van der Waals surface area contributed by atoms with Crippen LogP contribution in [0.5, 0.6) is 0 Å². The maximum Gasteiger partial charge on any atom is 0.315 e. The number of hydrogen-bond donors (Lipinski definition) is 4. The Bertz CT molecular complexity index is 1940. The lowest BCUT2D eigenvalue weighted by molar-refractivity contribution is -0.122. The number of carbonyl (C=O) groups excluding carboxylic acids is 3. The zero-order chi connectivity index (χ0) is 38.9. The molecule has 4 aromatic rings. The van der Waals surface area contributed by atoms with Gasteiger partial charge in [0, 0.05) is 60.7 Å². The van der Waals surface area contributed by atoms with Crippen LogP contribution in [0.3, 0.4) is 0 Å². The van der Waals surface area contributed by atoms with Crippen LogP contribution in [-0.4, -0.2) is 48.0 Å². The number of rotatable bonds is 10. The fourth-order valence-electron chi connectivity index (χ4n) is 5.54. The first-order valence-corrected chi connectivity index (χ1v) is 19.6. The Balaban J connectivity index is 0.000000237. The maximum atomic E-state index is 13.3. The van der Waals surface area contributed by atoms with Gasteiger partial charge in [-0.05, 0) is 99.5 Å². The SMILES string of the molecule is CCN=C1N[C@](C)(Cc2ccc(Br)cc2)C(=O)N1c1cc(Cl)cc(Cl)c1.CCNC(=O)N[C@](C)(Cc1ccc(Br)cc1)C(=O)Nc1cc(Cl)cc(Cl)c1. The molecule has 0 saturated carbocycles. The summed E-state index contributed by atoms with van der Waals surface area (Å²) in [5.74, 6) is 0.0383. The maximum absolute atomic E-state index is 13.3. The van der Waals surface area contributed by atoms with E-state index in [2.05, 4.69) is 58.1 Å². The summed E-state index contributed by atoms with van der Waals surface area (Å²) in [7, 11) is 0. The second kappa shape index (κ2) is 18.8. The van der Waals surface area contributed by atoms with E-state index in [-0.39, 0.29) is 11.8 Å². The Morgan fingerprint density at radius 3 is 1.85 bits per heavy atom. The highest BCUT2D eigenvalue weighted by Crippen LogP contribution is 2.32. The van der Waals surface area contributed by atoms with Gasteiger partial charge in [-0.1, -0.05) is 103 Å². The van der Waals surface area contributed by atoms with Crippen LogP contribution in [0.2, 0.25) is 20.1 Å². The van der Waals surface area contributed by atoms with Gasteiger partial charge >= 0.3 is 6.03 Å². The molecular formula is C38H38Br2Cl4N6O3. The number of amides is 4. The Kier molecular flexibility index (Phi) is 15.1. The van der Waals surface area contributed by atoms with Crippen molar-refractivity contribution in [3.8, 4) is 0 Å². The molecule has 1 fully saturated rings. The van der Waals surface area contributed by atoms with Gasteiger partial charge in [0.1, 0.15) is 11.1 Å². The Morgan fingerprint density at radius 1 is 0.830 bits per heavy atom. The number of nitrogens with one attached hydrogen (secondary N) is 4. The van der Waals surface area contributed by atoms with Gasteiger partial charge in [-0.3, -0.25) is 14.6 Å². The summed E-state index contributed by atoms with van der Waals surface area (Å²) in [6, 6.07) is 24.9. The van der Waals surface area contributed by atoms with E-state index in [0.29, 0.717) is 63.4 Å². The van der Waals surface area contributed by atoms with Gasteiger partial charge in [0.25, 0.3) is 5.91 Å². The molecule has 280 valence electrons. The van der Waals surface area contributed by atoms with Gasteiger partial charge in [-0.2, -0.15) is 0 Å². The third kappa shape index (κ3) is 11.8. The average molecular weight is 928 g/mol. The molecule has 0 spiro atoms. The second-order valence-corrected chi connectivity index (χ2v) is 16.1. The number of halogens is 6. The molecule has 1 saturated heterocycles. The van der Waals surface area contributed by atoms with Gasteiger partial charge in [-0.25, -0.2) is 9.69 Å². The Labute approximate surface area is 346 Å². The highest BCUT2D eigenvalue weighted by Gasteiger charge is 2.47. The van der Waals surface area contributed by atoms with Crippen molar-refractivity contribution in [2.24, 2.45) is 4.99 Å². The van der Waals surface area contributed by atoms with E-state index in [9.17, 15) is 14.4 Å². The summed E-state index contributed by atoms with van der Waals surface area (Å²) in [6.07, 6.45) is 0.837. The van der Waals surface area contributed by atoms with Crippen LogP contribution in [-0.2, 0) is 22.4 Å². The molecule has 0 aliphatic carbocycles. The molecule has 53 heavy (non-hydrogen) atoms. The minimum absolute atomic E-state index is 0.0917. The molecule has 4 N–H and O–H groups in total. The van der Waals surface area contributed by atoms with E-state index in [1.54, 1.807) is 55.1 Å². The predicted molar refractivity (Wildman–Crippen MR) is 225 cm³/mol.